The third kappa shape index (κ3) is 7.65. The van der Waals surface area contributed by atoms with Crippen molar-refractivity contribution in [2.75, 3.05) is 18.5 Å². The van der Waals surface area contributed by atoms with Crippen molar-refractivity contribution in [3.05, 3.63) is 41.0 Å². The van der Waals surface area contributed by atoms with Crippen LogP contribution in [0.3, 0.4) is 0 Å². The highest BCUT2D eigenvalue weighted by Crippen LogP contribution is 2.37. The number of pyridine rings is 1. The molecule has 0 radical (unpaired) electrons. The Balaban J connectivity index is 1.66. The Hall–Kier alpha value is -3.97. The molecule has 1 aromatic carbocycles. The minimum absolute atomic E-state index is 0.0216. The minimum Gasteiger partial charge on any atom is -0.471 e. The van der Waals surface area contributed by atoms with Crippen molar-refractivity contribution >= 4 is 34.6 Å². The number of aryl methyl sites for hydroxylation is 1. The van der Waals surface area contributed by atoms with E-state index in [4.69, 9.17) is 4.74 Å². The molecule has 0 aliphatic heterocycles. The van der Waals surface area contributed by atoms with Gasteiger partial charge in [-0.2, -0.15) is 18.2 Å². The number of alkyl halides is 5. The lowest BCUT2D eigenvalue weighted by molar-refractivity contribution is -0.137. The van der Waals surface area contributed by atoms with Crippen LogP contribution < -0.4 is 20.7 Å². The Kier molecular flexibility index (Phi) is 9.84. The number of hydrogen-bond donors (Lipinski definition) is 3. The van der Waals surface area contributed by atoms with Gasteiger partial charge in [0, 0.05) is 26.6 Å². The van der Waals surface area contributed by atoms with Gasteiger partial charge in [-0.05, 0) is 42.5 Å². The van der Waals surface area contributed by atoms with E-state index in [-0.39, 0.29) is 53.1 Å². The summed E-state index contributed by atoms with van der Waals surface area (Å²) in [5, 5.41) is 8.13. The Morgan fingerprint density at radius 3 is 2.50 bits per heavy atom. The fourth-order valence-electron chi connectivity index (χ4n) is 4.84. The zero-order chi connectivity index (χ0) is 30.4. The maximum atomic E-state index is 13.8. The van der Waals surface area contributed by atoms with E-state index in [1.54, 1.807) is 6.92 Å². The number of rotatable bonds is 11. The fourth-order valence-corrected chi connectivity index (χ4v) is 4.84. The van der Waals surface area contributed by atoms with Gasteiger partial charge in [-0.15, -0.1) is 0 Å². The Morgan fingerprint density at radius 1 is 1.10 bits per heavy atom. The van der Waals surface area contributed by atoms with E-state index in [0.717, 1.165) is 38.2 Å². The van der Waals surface area contributed by atoms with Crippen molar-refractivity contribution in [3.63, 3.8) is 0 Å². The van der Waals surface area contributed by atoms with E-state index in [9.17, 15) is 31.5 Å². The van der Waals surface area contributed by atoms with Crippen molar-refractivity contribution < 1.29 is 36.3 Å². The molecule has 1 aliphatic rings. The van der Waals surface area contributed by atoms with E-state index in [2.05, 4.69) is 25.9 Å². The first-order chi connectivity index (χ1) is 20.0. The summed E-state index contributed by atoms with van der Waals surface area (Å²) < 4.78 is 74.0. The number of anilines is 2. The predicted octanol–water partition coefficient (Wildman–Crippen LogP) is 5.71. The Morgan fingerprint density at radius 2 is 1.83 bits per heavy atom. The second-order valence-corrected chi connectivity index (χ2v) is 10.2. The molecule has 0 bridgehead atoms. The number of benzene rings is 1. The summed E-state index contributed by atoms with van der Waals surface area (Å²) in [7, 11) is 1.48. The van der Waals surface area contributed by atoms with Gasteiger partial charge in [0.05, 0.1) is 11.3 Å². The monoisotopic (exact) mass is 596 g/mol. The Bertz CT molecular complexity index is 1420. The first kappa shape index (κ1) is 31.0. The lowest BCUT2D eigenvalue weighted by atomic mass is 9.89. The molecule has 0 unspecified atom stereocenters. The molecule has 0 spiro atoms. The maximum absolute atomic E-state index is 13.8. The summed E-state index contributed by atoms with van der Waals surface area (Å²) in [5.74, 6) is -0.889. The van der Waals surface area contributed by atoms with Crippen molar-refractivity contribution in [2.45, 2.75) is 64.6 Å². The minimum atomic E-state index is -4.70. The number of imidazole rings is 1. The molecule has 0 saturated heterocycles. The van der Waals surface area contributed by atoms with Crippen LogP contribution in [0.15, 0.2) is 24.3 Å². The number of halogens is 5. The van der Waals surface area contributed by atoms with Gasteiger partial charge >= 0.3 is 6.18 Å². The SMILES string of the molecule is CCC(=O)NCc1ccc(C(F)(F)F)c(Nc2nc3cc(C(=O)NCC4CCCCC4)c(OCC(F)F)nc3n2C)c1. The van der Waals surface area contributed by atoms with E-state index in [1.807, 2.05) is 0 Å². The second kappa shape index (κ2) is 13.3. The summed E-state index contributed by atoms with van der Waals surface area (Å²) in [6.45, 7) is 1.09. The van der Waals surface area contributed by atoms with Gasteiger partial charge in [0.25, 0.3) is 12.3 Å². The summed E-state index contributed by atoms with van der Waals surface area (Å²) in [4.78, 5) is 33.3. The lowest BCUT2D eigenvalue weighted by Gasteiger charge is -2.21. The molecule has 1 aliphatic carbocycles. The normalized spacial score (nSPS) is 14.3. The van der Waals surface area contributed by atoms with Gasteiger partial charge in [-0.25, -0.2) is 13.8 Å². The number of fused-ring (bicyclic) bond motifs is 1. The average Bonchev–Trinajstić information content (AvgIpc) is 3.26. The summed E-state index contributed by atoms with van der Waals surface area (Å²) in [5.41, 5.74) is -0.713. The third-order valence-electron chi connectivity index (χ3n) is 7.12. The third-order valence-corrected chi connectivity index (χ3v) is 7.12. The maximum Gasteiger partial charge on any atom is 0.418 e. The molecule has 3 aromatic rings. The van der Waals surface area contributed by atoms with Crippen LogP contribution in [0.4, 0.5) is 33.6 Å². The zero-order valence-electron chi connectivity index (χ0n) is 23.3. The molecule has 1 saturated carbocycles. The van der Waals surface area contributed by atoms with E-state index < -0.39 is 30.7 Å². The molecule has 0 atom stereocenters. The van der Waals surface area contributed by atoms with Crippen LogP contribution >= 0.6 is 0 Å². The topological polar surface area (TPSA) is 110 Å². The molecule has 228 valence electrons. The molecule has 9 nitrogen and oxygen atoms in total. The van der Waals surface area contributed by atoms with Crippen LogP contribution in [0.1, 0.15) is 66.9 Å². The van der Waals surface area contributed by atoms with Gasteiger partial charge in [0.1, 0.15) is 11.1 Å². The lowest BCUT2D eigenvalue weighted by Crippen LogP contribution is -2.31. The molecule has 2 aromatic heterocycles. The van der Waals surface area contributed by atoms with Crippen LogP contribution in [0.25, 0.3) is 11.2 Å². The molecule has 4 rings (SSSR count). The quantitative estimate of drug-likeness (QED) is 0.245. The highest BCUT2D eigenvalue weighted by molar-refractivity contribution is 5.99. The molecular formula is C28H33F5N6O3. The van der Waals surface area contributed by atoms with E-state index in [0.29, 0.717) is 18.0 Å². The van der Waals surface area contributed by atoms with Crippen LogP contribution in [0.5, 0.6) is 5.88 Å². The first-order valence-corrected chi connectivity index (χ1v) is 13.8. The number of hydrogen-bond acceptors (Lipinski definition) is 6. The molecule has 2 heterocycles. The van der Waals surface area contributed by atoms with Gasteiger partial charge < -0.3 is 20.7 Å². The zero-order valence-corrected chi connectivity index (χ0v) is 23.3. The van der Waals surface area contributed by atoms with Crippen molar-refractivity contribution in [3.8, 4) is 5.88 Å². The number of nitrogens with one attached hydrogen (secondary N) is 3. The number of amides is 2. The number of nitrogens with zero attached hydrogens (tertiary/aromatic N) is 3. The van der Waals surface area contributed by atoms with E-state index >= 15 is 0 Å². The Labute approximate surface area is 239 Å². The largest absolute Gasteiger partial charge is 0.471 e. The smallest absolute Gasteiger partial charge is 0.418 e. The molecule has 2 amide bonds. The van der Waals surface area contributed by atoms with Gasteiger partial charge in [0.15, 0.2) is 12.3 Å². The van der Waals surface area contributed by atoms with Crippen LogP contribution in [0.2, 0.25) is 0 Å². The van der Waals surface area contributed by atoms with Gasteiger partial charge in [-0.3, -0.25) is 14.2 Å². The molecule has 3 N–H and O–H groups in total. The molecular weight excluding hydrogens is 563 g/mol. The highest BCUT2D eigenvalue weighted by atomic mass is 19.4. The molecule has 42 heavy (non-hydrogen) atoms. The molecule has 14 heteroatoms. The van der Waals surface area contributed by atoms with Crippen molar-refractivity contribution in [1.82, 2.24) is 25.2 Å². The standard InChI is InChI=1S/C28H33F5N6O3/c1-3-23(40)34-14-17-9-10-19(28(31,32)33)20(11-17)36-27-37-21-12-18(25(41)35-13-16-7-5-4-6-8-16)26(42-15-22(29)30)38-24(21)39(27)2/h9-12,16,22H,3-8,13-15H2,1-2H3,(H,34,40)(H,35,41)(H,36,37). The van der Waals surface area contributed by atoms with Crippen LogP contribution in [-0.2, 0) is 24.6 Å². The summed E-state index contributed by atoms with van der Waals surface area (Å²) >= 11 is 0. The predicted molar refractivity (Wildman–Crippen MR) is 146 cm³/mol. The first-order valence-electron chi connectivity index (χ1n) is 13.8. The van der Waals surface area contributed by atoms with Crippen LogP contribution in [0, 0.1) is 5.92 Å². The number of carbonyl (C=O) groups is 2. The fraction of sp³-hybridized carbons (Fsp3) is 0.500. The summed E-state index contributed by atoms with van der Waals surface area (Å²) in [6, 6.07) is 4.76. The number of ether oxygens (including phenoxy) is 1. The number of carbonyl (C=O) groups excluding carboxylic acids is 2. The van der Waals surface area contributed by atoms with Gasteiger partial charge in [-0.1, -0.05) is 32.3 Å². The number of aromatic nitrogens is 3. The van der Waals surface area contributed by atoms with Crippen molar-refractivity contribution in [2.24, 2.45) is 13.0 Å². The average molecular weight is 597 g/mol. The second-order valence-electron chi connectivity index (χ2n) is 10.2. The van der Waals surface area contributed by atoms with E-state index in [1.165, 1.54) is 29.8 Å². The highest BCUT2D eigenvalue weighted by Gasteiger charge is 2.34. The van der Waals surface area contributed by atoms with Crippen LogP contribution in [-0.4, -0.2) is 45.9 Å². The van der Waals surface area contributed by atoms with Gasteiger partial charge in [0.2, 0.25) is 17.7 Å². The summed E-state index contributed by atoms with van der Waals surface area (Å²) in [6.07, 6.45) is -2.03. The van der Waals surface area contributed by atoms with Crippen molar-refractivity contribution in [1.29, 1.82) is 0 Å². The molecule has 1 fully saturated rings.